The fourth-order valence-corrected chi connectivity index (χ4v) is 6.83. The van der Waals surface area contributed by atoms with Gasteiger partial charge in [-0.05, 0) is 46.5 Å². The summed E-state index contributed by atoms with van der Waals surface area (Å²) < 4.78 is 29.0. The number of aliphatic hydroxyl groups is 1. The molecular formula is C39H34FN5O4. The molecule has 3 atom stereocenters. The van der Waals surface area contributed by atoms with E-state index >= 15 is 0 Å². The number of aromatic nitrogens is 4. The van der Waals surface area contributed by atoms with Crippen molar-refractivity contribution < 1.29 is 23.8 Å². The van der Waals surface area contributed by atoms with Crippen molar-refractivity contribution in [2.75, 3.05) is 25.6 Å². The predicted molar refractivity (Wildman–Crippen MR) is 184 cm³/mol. The number of carbonyl (C=O) groups is 1. The lowest BCUT2D eigenvalue weighted by atomic mass is 9.65. The molecule has 1 fully saturated rings. The van der Waals surface area contributed by atoms with E-state index in [1.54, 1.807) is 42.3 Å². The van der Waals surface area contributed by atoms with Gasteiger partial charge in [0.05, 0.1) is 39.0 Å². The number of ether oxygens (including phenoxy) is 2. The van der Waals surface area contributed by atoms with Gasteiger partial charge in [0.25, 0.3) is 5.91 Å². The van der Waals surface area contributed by atoms with Crippen LogP contribution in [0, 0.1) is 11.8 Å². The first-order valence-corrected chi connectivity index (χ1v) is 15.9. The molecule has 6 aromatic rings. The van der Waals surface area contributed by atoms with E-state index in [1.165, 1.54) is 6.33 Å². The number of fused-ring (bicyclic) bond motifs is 1. The van der Waals surface area contributed by atoms with Crippen LogP contribution in [0.2, 0.25) is 0 Å². The summed E-state index contributed by atoms with van der Waals surface area (Å²) in [4.78, 5) is 26.3. The standard InChI is InChI=1S/C39H34FN5O4/c1-48-30-19-17-29(18-20-30)39(27-13-7-3-8-14-27,28-15-9-4-10-16-28)49-23-33-32(22-46)31(21-40)35(33)45-25-43-34-36(41-24-42-37(34)45)44-38(47)26-11-5-2-6-12-26/h2-21,24-25,32-33,35,46H,22-23H2,1H3,(H,41,42,44,47)/b31-21+/t32-,33+,35+/m0/s1. The Morgan fingerprint density at radius 1 is 0.878 bits per heavy atom. The highest BCUT2D eigenvalue weighted by molar-refractivity contribution is 6.06. The number of amides is 1. The quantitative estimate of drug-likeness (QED) is 0.149. The largest absolute Gasteiger partial charge is 0.497 e. The van der Waals surface area contributed by atoms with Crippen LogP contribution in [-0.2, 0) is 10.3 Å². The van der Waals surface area contributed by atoms with Crippen molar-refractivity contribution in [1.82, 2.24) is 19.5 Å². The van der Waals surface area contributed by atoms with Gasteiger partial charge in [-0.1, -0.05) is 91.0 Å². The second-order valence-corrected chi connectivity index (χ2v) is 11.8. The molecule has 0 spiro atoms. The van der Waals surface area contributed by atoms with E-state index in [2.05, 4.69) is 20.3 Å². The van der Waals surface area contributed by atoms with E-state index in [1.807, 2.05) is 91.0 Å². The van der Waals surface area contributed by atoms with Gasteiger partial charge in [-0.3, -0.25) is 4.79 Å². The minimum atomic E-state index is -1.05. The molecule has 4 aromatic carbocycles. The van der Waals surface area contributed by atoms with Gasteiger partial charge in [-0.15, -0.1) is 0 Å². The van der Waals surface area contributed by atoms with Gasteiger partial charge in [0.1, 0.15) is 17.7 Å². The second-order valence-electron chi connectivity index (χ2n) is 11.8. The Hall–Kier alpha value is -5.71. The van der Waals surface area contributed by atoms with E-state index in [4.69, 9.17) is 9.47 Å². The minimum absolute atomic E-state index is 0.144. The number of anilines is 1. The van der Waals surface area contributed by atoms with E-state index in [-0.39, 0.29) is 30.9 Å². The van der Waals surface area contributed by atoms with Crippen LogP contribution in [-0.4, -0.2) is 50.9 Å². The maximum absolute atomic E-state index is 14.6. The smallest absolute Gasteiger partial charge is 0.256 e. The summed E-state index contributed by atoms with van der Waals surface area (Å²) in [6, 6.07) is 35.9. The van der Waals surface area contributed by atoms with Crippen molar-refractivity contribution in [2.24, 2.45) is 11.8 Å². The topological polar surface area (TPSA) is 111 Å². The number of halogens is 1. The Bertz CT molecular complexity index is 2030. The van der Waals surface area contributed by atoms with Crippen molar-refractivity contribution in [2.45, 2.75) is 11.6 Å². The maximum atomic E-state index is 14.6. The van der Waals surface area contributed by atoms with Crippen LogP contribution in [0.25, 0.3) is 11.2 Å². The first-order valence-electron chi connectivity index (χ1n) is 15.9. The van der Waals surface area contributed by atoms with Crippen molar-refractivity contribution in [3.05, 3.63) is 162 Å². The summed E-state index contributed by atoms with van der Waals surface area (Å²) >= 11 is 0. The second kappa shape index (κ2) is 13.8. The zero-order valence-corrected chi connectivity index (χ0v) is 26.7. The summed E-state index contributed by atoms with van der Waals surface area (Å²) in [6.07, 6.45) is 3.46. The fourth-order valence-electron chi connectivity index (χ4n) is 6.83. The number of rotatable bonds is 11. The van der Waals surface area contributed by atoms with Gasteiger partial charge in [-0.2, -0.15) is 0 Å². The number of methoxy groups -OCH3 is 1. The molecule has 2 heterocycles. The summed E-state index contributed by atoms with van der Waals surface area (Å²) in [7, 11) is 1.62. The number of imidazole rings is 1. The van der Waals surface area contributed by atoms with Gasteiger partial charge >= 0.3 is 0 Å². The molecule has 10 heteroatoms. The SMILES string of the molecule is COc1ccc(C(OC[C@H]2[C@H](n3cnc4c(NC(=O)c5ccccc5)ncnc43)/C(=C/F)[C@@H]2CO)(c2ccccc2)c2ccccc2)cc1. The molecule has 1 aliphatic carbocycles. The van der Waals surface area contributed by atoms with Crippen LogP contribution in [0.5, 0.6) is 5.75 Å². The molecule has 0 bridgehead atoms. The van der Waals surface area contributed by atoms with Crippen molar-refractivity contribution in [3.8, 4) is 5.75 Å². The molecule has 0 saturated heterocycles. The Balaban J connectivity index is 1.27. The summed E-state index contributed by atoms with van der Waals surface area (Å²) in [6.45, 7) is -0.127. The molecule has 1 saturated carbocycles. The molecule has 2 N–H and O–H groups in total. The first-order chi connectivity index (χ1) is 24.1. The van der Waals surface area contributed by atoms with E-state index in [9.17, 15) is 14.3 Å². The zero-order chi connectivity index (χ0) is 33.8. The van der Waals surface area contributed by atoms with Gasteiger partial charge in [0.2, 0.25) is 0 Å². The molecule has 1 aliphatic rings. The lowest BCUT2D eigenvalue weighted by Crippen LogP contribution is -2.47. The van der Waals surface area contributed by atoms with Crippen LogP contribution in [0.1, 0.15) is 33.1 Å². The van der Waals surface area contributed by atoms with E-state index in [0.717, 1.165) is 16.7 Å². The predicted octanol–water partition coefficient (Wildman–Crippen LogP) is 6.73. The minimum Gasteiger partial charge on any atom is -0.497 e. The zero-order valence-electron chi connectivity index (χ0n) is 26.7. The number of benzene rings is 4. The Morgan fingerprint density at radius 3 is 2.08 bits per heavy atom. The van der Waals surface area contributed by atoms with Gasteiger partial charge in [0.15, 0.2) is 17.0 Å². The summed E-state index contributed by atoms with van der Waals surface area (Å²) in [5.74, 6) is -0.269. The lowest BCUT2D eigenvalue weighted by Gasteiger charge is -2.48. The fraction of sp³-hybridized carbons (Fsp3) is 0.179. The normalized spacial score (nSPS) is 18.3. The monoisotopic (exact) mass is 655 g/mol. The molecule has 7 rings (SSSR count). The van der Waals surface area contributed by atoms with Crippen LogP contribution < -0.4 is 10.1 Å². The molecule has 246 valence electrons. The third-order valence-corrected chi connectivity index (χ3v) is 9.29. The Kier molecular flexibility index (Phi) is 8.97. The highest BCUT2D eigenvalue weighted by Crippen LogP contribution is 2.52. The van der Waals surface area contributed by atoms with Crippen LogP contribution >= 0.6 is 0 Å². The molecular weight excluding hydrogens is 621 g/mol. The number of carbonyl (C=O) groups excluding carboxylic acids is 1. The van der Waals surface area contributed by atoms with Crippen molar-refractivity contribution in [1.29, 1.82) is 0 Å². The van der Waals surface area contributed by atoms with E-state index in [0.29, 0.717) is 34.4 Å². The summed E-state index contributed by atoms with van der Waals surface area (Å²) in [5.41, 5.74) is 3.28. The molecule has 49 heavy (non-hydrogen) atoms. The Morgan fingerprint density at radius 2 is 1.49 bits per heavy atom. The number of nitrogens with zero attached hydrogens (tertiary/aromatic N) is 4. The third kappa shape index (κ3) is 5.75. The lowest BCUT2D eigenvalue weighted by molar-refractivity contribution is -0.0510. The maximum Gasteiger partial charge on any atom is 0.256 e. The van der Waals surface area contributed by atoms with Crippen LogP contribution in [0.4, 0.5) is 10.2 Å². The number of aliphatic hydroxyl groups excluding tert-OH is 1. The average molecular weight is 656 g/mol. The van der Waals surface area contributed by atoms with Crippen LogP contribution in [0.15, 0.2) is 140 Å². The Labute approximate surface area is 282 Å². The van der Waals surface area contributed by atoms with Gasteiger partial charge < -0.3 is 24.5 Å². The third-order valence-electron chi connectivity index (χ3n) is 9.29. The number of hydrogen-bond acceptors (Lipinski definition) is 7. The molecule has 0 aliphatic heterocycles. The molecule has 9 nitrogen and oxygen atoms in total. The molecule has 0 unspecified atom stereocenters. The van der Waals surface area contributed by atoms with Crippen molar-refractivity contribution >= 4 is 22.9 Å². The number of nitrogens with one attached hydrogen (secondary N) is 1. The highest BCUT2D eigenvalue weighted by atomic mass is 19.1. The first kappa shape index (κ1) is 31.9. The van der Waals surface area contributed by atoms with Gasteiger partial charge in [-0.25, -0.2) is 19.3 Å². The highest BCUT2D eigenvalue weighted by Gasteiger charge is 2.49. The summed E-state index contributed by atoms with van der Waals surface area (Å²) in [5, 5.41) is 13.3. The van der Waals surface area contributed by atoms with E-state index < -0.39 is 17.6 Å². The molecule has 1 amide bonds. The molecule has 0 radical (unpaired) electrons. The van der Waals surface area contributed by atoms with Gasteiger partial charge in [0, 0.05) is 17.4 Å². The van der Waals surface area contributed by atoms with Crippen molar-refractivity contribution in [3.63, 3.8) is 0 Å². The molecule has 2 aromatic heterocycles. The number of hydrogen-bond donors (Lipinski definition) is 2. The van der Waals surface area contributed by atoms with Crippen LogP contribution in [0.3, 0.4) is 0 Å². The average Bonchev–Trinajstić information content (AvgIpc) is 3.58.